The minimum atomic E-state index is -2.68. The minimum absolute atomic E-state index is 0.0606. The van der Waals surface area contributed by atoms with Gasteiger partial charge in [0, 0.05) is 67.3 Å². The number of aliphatic hydroxyl groups excluding tert-OH is 1. The minimum Gasteiger partial charge on any atom is -0.511 e. The number of ether oxygens (including phenoxy) is 1. The first-order valence-corrected chi connectivity index (χ1v) is 14.1. The quantitative estimate of drug-likeness (QED) is 0.334. The Hall–Kier alpha value is -3.64. The van der Waals surface area contributed by atoms with Gasteiger partial charge in [-0.05, 0) is 57.4 Å². The molecule has 2 aromatic heterocycles. The van der Waals surface area contributed by atoms with Crippen molar-refractivity contribution in [3.05, 3.63) is 53.1 Å². The summed E-state index contributed by atoms with van der Waals surface area (Å²) in [6.45, 7) is 8.93. The number of aldehydes is 1. The van der Waals surface area contributed by atoms with Crippen LogP contribution >= 0.6 is 0 Å². The summed E-state index contributed by atoms with van der Waals surface area (Å²) in [4.78, 5) is 13.2. The number of aryl methyl sites for hydroxylation is 1. The van der Waals surface area contributed by atoms with Crippen molar-refractivity contribution in [2.24, 2.45) is 0 Å². The zero-order chi connectivity index (χ0) is 29.1. The predicted molar refractivity (Wildman–Crippen MR) is 151 cm³/mol. The van der Waals surface area contributed by atoms with Gasteiger partial charge >= 0.3 is 0 Å². The Balaban J connectivity index is 0.00000108. The van der Waals surface area contributed by atoms with Gasteiger partial charge in [-0.1, -0.05) is 11.8 Å². The molecule has 41 heavy (non-hydrogen) atoms. The highest BCUT2D eigenvalue weighted by atomic mass is 19.3. The van der Waals surface area contributed by atoms with Gasteiger partial charge in [-0.2, -0.15) is 5.10 Å². The molecule has 0 atom stereocenters. The lowest BCUT2D eigenvalue weighted by atomic mass is 9.93. The van der Waals surface area contributed by atoms with Gasteiger partial charge in [-0.15, -0.1) is 5.10 Å². The second kappa shape index (κ2) is 12.5. The molecule has 1 saturated heterocycles. The van der Waals surface area contributed by atoms with Crippen LogP contribution < -0.4 is 4.90 Å². The number of carbonyl (C=O) groups is 1. The third-order valence-electron chi connectivity index (χ3n) is 7.81. The molecular weight excluding hydrogens is 532 g/mol. The maximum atomic E-state index is 14.4. The molecule has 3 aliphatic rings. The fourth-order valence-corrected chi connectivity index (χ4v) is 5.97. The number of allylic oxidation sites excluding steroid dienone is 1. The highest BCUT2D eigenvalue weighted by molar-refractivity contribution is 5.75. The van der Waals surface area contributed by atoms with Crippen molar-refractivity contribution in [1.29, 1.82) is 0 Å². The summed E-state index contributed by atoms with van der Waals surface area (Å²) in [5.41, 5.74) is 4.89. The summed E-state index contributed by atoms with van der Waals surface area (Å²) in [7, 11) is 2.11. The van der Waals surface area contributed by atoms with Crippen molar-refractivity contribution >= 4 is 17.8 Å². The van der Waals surface area contributed by atoms with Crippen molar-refractivity contribution in [2.75, 3.05) is 38.3 Å². The average molecular weight is 570 g/mol. The van der Waals surface area contributed by atoms with Crippen molar-refractivity contribution in [2.45, 2.75) is 64.6 Å². The van der Waals surface area contributed by atoms with Gasteiger partial charge < -0.3 is 24.4 Å². The van der Waals surface area contributed by atoms with Crippen molar-refractivity contribution in [3.8, 4) is 11.3 Å². The Morgan fingerprint density at radius 3 is 2.71 bits per heavy atom. The van der Waals surface area contributed by atoms with Gasteiger partial charge in [0.15, 0.2) is 5.82 Å². The Kier molecular flexibility index (Phi) is 8.79. The fraction of sp³-hybridized carbons (Fsp3) is 0.517. The first-order valence-electron chi connectivity index (χ1n) is 14.1. The van der Waals surface area contributed by atoms with Crippen molar-refractivity contribution in [1.82, 2.24) is 29.7 Å². The maximum absolute atomic E-state index is 14.4. The highest BCUT2D eigenvalue weighted by Gasteiger charge is 2.33. The lowest BCUT2D eigenvalue weighted by Gasteiger charge is -2.32. The number of likely N-dealkylation sites (N-methyl/N-ethyl adjacent to an activating group) is 1. The molecule has 12 heteroatoms. The number of rotatable bonds is 6. The van der Waals surface area contributed by atoms with Gasteiger partial charge in [-0.25, -0.2) is 13.5 Å². The van der Waals surface area contributed by atoms with E-state index in [4.69, 9.17) is 14.6 Å². The van der Waals surface area contributed by atoms with Gasteiger partial charge in [-0.3, -0.25) is 4.68 Å². The largest absolute Gasteiger partial charge is 0.511 e. The van der Waals surface area contributed by atoms with Crippen LogP contribution in [0.2, 0.25) is 0 Å². The fourth-order valence-electron chi connectivity index (χ4n) is 5.97. The number of alkyl halides is 2. The lowest BCUT2D eigenvalue weighted by molar-refractivity contribution is -0.106. The molecule has 3 aliphatic heterocycles. The molecule has 0 unspecified atom stereocenters. The summed E-state index contributed by atoms with van der Waals surface area (Å²) in [6, 6.07) is 3.75. The molecule has 1 N–H and O–H groups in total. The number of benzene rings is 1. The van der Waals surface area contributed by atoms with E-state index in [-0.39, 0.29) is 17.9 Å². The summed E-state index contributed by atoms with van der Waals surface area (Å²) in [5, 5.41) is 22.7. The van der Waals surface area contributed by atoms with E-state index in [2.05, 4.69) is 38.4 Å². The van der Waals surface area contributed by atoms with Crippen molar-refractivity contribution in [3.63, 3.8) is 0 Å². The van der Waals surface area contributed by atoms with E-state index in [9.17, 15) is 13.9 Å². The maximum Gasteiger partial charge on any atom is 0.264 e. The van der Waals surface area contributed by atoms with Gasteiger partial charge in [0.05, 0.1) is 18.8 Å². The number of fused-ring (bicyclic) bond motifs is 2. The molecular formula is C29H37F2N7O3. The van der Waals surface area contributed by atoms with Gasteiger partial charge in [0.25, 0.3) is 6.43 Å². The topological polar surface area (TPSA) is 102 Å². The monoisotopic (exact) mass is 569 g/mol. The second-order valence-corrected chi connectivity index (χ2v) is 10.8. The van der Waals surface area contributed by atoms with Crippen LogP contribution in [-0.2, 0) is 35.5 Å². The van der Waals surface area contributed by atoms with Crippen LogP contribution in [0, 0.1) is 0 Å². The van der Waals surface area contributed by atoms with E-state index < -0.39 is 6.43 Å². The molecule has 0 spiro atoms. The van der Waals surface area contributed by atoms with E-state index in [1.54, 1.807) is 12.3 Å². The summed E-state index contributed by atoms with van der Waals surface area (Å²) < 4.78 is 38.1. The molecule has 0 amide bonds. The van der Waals surface area contributed by atoms with E-state index in [1.807, 2.05) is 6.07 Å². The first-order chi connectivity index (χ1) is 19.8. The van der Waals surface area contributed by atoms with Crippen LogP contribution in [0.25, 0.3) is 11.3 Å². The van der Waals surface area contributed by atoms with E-state index >= 15 is 0 Å². The van der Waals surface area contributed by atoms with Crippen molar-refractivity contribution < 1.29 is 23.4 Å². The van der Waals surface area contributed by atoms with Crippen LogP contribution in [0.3, 0.4) is 0 Å². The molecule has 0 saturated carbocycles. The van der Waals surface area contributed by atoms with Crippen LogP contribution in [0.15, 0.2) is 30.7 Å². The predicted octanol–water partition coefficient (Wildman–Crippen LogP) is 4.78. The van der Waals surface area contributed by atoms with E-state index in [1.165, 1.54) is 22.9 Å². The number of aromatic nitrogens is 5. The standard InChI is InChI=1S/C27H33F2N7O2.C2H4O/c1-17(37)14-34-16-23(30-32-34)20-12-18-4-3-8-35(25(18)13-21(20)26(28)29)27-22-15-33(2)9-5-24(22)36(31-27)19-6-10-38-11-7-19;1-2-3/h12-13,16,19,26,37H,1,3-11,14-15H2,2H3;2H,1H3. The van der Waals surface area contributed by atoms with E-state index in [0.29, 0.717) is 17.3 Å². The molecule has 1 aromatic carbocycles. The normalized spacial score (nSPS) is 17.5. The molecule has 10 nitrogen and oxygen atoms in total. The second-order valence-electron chi connectivity index (χ2n) is 10.8. The van der Waals surface area contributed by atoms with Crippen LogP contribution in [0.1, 0.15) is 61.0 Å². The highest BCUT2D eigenvalue weighted by Crippen LogP contribution is 2.43. The Labute approximate surface area is 238 Å². The smallest absolute Gasteiger partial charge is 0.264 e. The Bertz CT molecular complexity index is 1400. The molecule has 5 heterocycles. The number of nitrogens with zero attached hydrogens (tertiary/aromatic N) is 7. The number of hydrogen-bond acceptors (Lipinski definition) is 8. The number of anilines is 2. The van der Waals surface area contributed by atoms with Gasteiger partial charge in [0.1, 0.15) is 17.7 Å². The van der Waals surface area contributed by atoms with Crippen LogP contribution in [0.5, 0.6) is 0 Å². The molecule has 0 bridgehead atoms. The zero-order valence-electron chi connectivity index (χ0n) is 23.6. The summed E-state index contributed by atoms with van der Waals surface area (Å²) in [6.07, 6.45) is 4.10. The van der Waals surface area contributed by atoms with Crippen LogP contribution in [0.4, 0.5) is 20.3 Å². The molecule has 3 aromatic rings. The third kappa shape index (κ3) is 6.03. The molecule has 0 radical (unpaired) electrons. The lowest BCUT2D eigenvalue weighted by Crippen LogP contribution is -2.30. The van der Waals surface area contributed by atoms with Crippen LogP contribution in [-0.4, -0.2) is 74.4 Å². The molecule has 6 rings (SSSR count). The average Bonchev–Trinajstić information content (AvgIpc) is 3.57. The SMILES string of the molecule is C=C(O)Cn1cc(-c2cc3c(cc2C(F)F)N(c2nn(C4CCOCC4)c4c2CN(C)CC4)CCC3)nn1.CC=O. The summed E-state index contributed by atoms with van der Waals surface area (Å²) in [5.74, 6) is 0.810. The summed E-state index contributed by atoms with van der Waals surface area (Å²) >= 11 is 0. The molecule has 1 fully saturated rings. The Morgan fingerprint density at radius 2 is 2.00 bits per heavy atom. The first kappa shape index (κ1) is 28.9. The van der Waals surface area contributed by atoms with Gasteiger partial charge in [0.2, 0.25) is 0 Å². The third-order valence-corrected chi connectivity index (χ3v) is 7.81. The number of carbonyl (C=O) groups excluding carboxylic acids is 1. The molecule has 0 aliphatic carbocycles. The Morgan fingerprint density at radius 1 is 1.24 bits per heavy atom. The number of halogens is 2. The zero-order valence-corrected chi connectivity index (χ0v) is 23.6. The number of aliphatic hydroxyl groups is 1. The van der Waals surface area contributed by atoms with E-state index in [0.717, 1.165) is 88.3 Å². The molecule has 220 valence electrons. The number of hydrogen-bond donors (Lipinski definition) is 1.